The molecule has 2 aromatic carbocycles. The Balaban J connectivity index is 1.27. The number of imidazole rings is 1. The van der Waals surface area contributed by atoms with Gasteiger partial charge in [0.05, 0.1) is 17.6 Å². The van der Waals surface area contributed by atoms with Gasteiger partial charge in [0.25, 0.3) is 0 Å². The number of nitrogens with zero attached hydrogens (tertiary/aromatic N) is 2. The first kappa shape index (κ1) is 16.1. The van der Waals surface area contributed by atoms with E-state index in [0.29, 0.717) is 6.61 Å². The van der Waals surface area contributed by atoms with Crippen LogP contribution >= 0.6 is 0 Å². The van der Waals surface area contributed by atoms with Crippen molar-refractivity contribution in [1.29, 1.82) is 0 Å². The number of hydrogen-bond donors (Lipinski definition) is 1. The Morgan fingerprint density at radius 2 is 1.96 bits per heavy atom. The highest BCUT2D eigenvalue weighted by Gasteiger charge is 2.21. The zero-order chi connectivity index (χ0) is 16.9. The summed E-state index contributed by atoms with van der Waals surface area (Å²) in [7, 11) is 0. The minimum atomic E-state index is 0.115. The first-order chi connectivity index (χ1) is 12.4. The van der Waals surface area contributed by atoms with E-state index in [1.165, 1.54) is 0 Å². The molecule has 3 aromatic rings. The fourth-order valence-electron chi connectivity index (χ4n) is 3.18. The van der Waals surface area contributed by atoms with Crippen LogP contribution in [0.1, 0.15) is 5.82 Å². The highest BCUT2D eigenvalue weighted by Crippen LogP contribution is 2.13. The molecule has 0 radical (unpaired) electrons. The van der Waals surface area contributed by atoms with Gasteiger partial charge in [-0.2, -0.15) is 0 Å². The molecule has 1 aliphatic rings. The number of rotatable bonds is 6. The zero-order valence-electron chi connectivity index (χ0n) is 14.2. The summed E-state index contributed by atoms with van der Waals surface area (Å²) in [6, 6.07) is 18.1. The number of nitrogens with one attached hydrogen (secondary N) is 1. The van der Waals surface area contributed by atoms with Gasteiger partial charge in [0.2, 0.25) is 0 Å². The van der Waals surface area contributed by atoms with Crippen molar-refractivity contribution in [3.8, 4) is 5.75 Å². The van der Waals surface area contributed by atoms with Crippen molar-refractivity contribution >= 4 is 11.0 Å². The van der Waals surface area contributed by atoms with Gasteiger partial charge in [-0.05, 0) is 24.3 Å². The summed E-state index contributed by atoms with van der Waals surface area (Å²) in [5, 5.41) is 0. The third kappa shape index (κ3) is 4.18. The SMILES string of the molecule is c1ccc(OC[C@@H]2CN(CCc3nc4ccccc4[nH]3)CCO2)cc1. The third-order valence-electron chi connectivity index (χ3n) is 4.51. The number of H-pyrrole nitrogens is 1. The minimum absolute atomic E-state index is 0.115. The zero-order valence-corrected chi connectivity index (χ0v) is 14.2. The number of ether oxygens (including phenoxy) is 2. The highest BCUT2D eigenvalue weighted by molar-refractivity contribution is 5.74. The molecule has 5 nitrogen and oxygen atoms in total. The number of benzene rings is 2. The first-order valence-electron chi connectivity index (χ1n) is 8.82. The van der Waals surface area contributed by atoms with Crippen molar-refractivity contribution < 1.29 is 9.47 Å². The molecule has 1 fully saturated rings. The van der Waals surface area contributed by atoms with E-state index < -0.39 is 0 Å². The fraction of sp³-hybridized carbons (Fsp3) is 0.350. The summed E-state index contributed by atoms with van der Waals surface area (Å²) < 4.78 is 11.7. The topological polar surface area (TPSA) is 50.4 Å². The molecular formula is C20H23N3O2. The van der Waals surface area contributed by atoms with Crippen molar-refractivity contribution in [2.24, 2.45) is 0 Å². The van der Waals surface area contributed by atoms with E-state index in [2.05, 4.69) is 20.9 Å². The van der Waals surface area contributed by atoms with Crippen LogP contribution < -0.4 is 4.74 Å². The molecule has 0 unspecified atom stereocenters. The molecule has 130 valence electrons. The lowest BCUT2D eigenvalue weighted by Gasteiger charge is -2.32. The Morgan fingerprint density at radius 3 is 2.84 bits per heavy atom. The van der Waals surface area contributed by atoms with Gasteiger partial charge in [0.1, 0.15) is 24.3 Å². The van der Waals surface area contributed by atoms with Crippen LogP contribution in [0.2, 0.25) is 0 Å². The van der Waals surface area contributed by atoms with Crippen molar-refractivity contribution in [2.75, 3.05) is 32.8 Å². The van der Waals surface area contributed by atoms with Crippen LogP contribution in [0.3, 0.4) is 0 Å². The first-order valence-corrected chi connectivity index (χ1v) is 8.82. The highest BCUT2D eigenvalue weighted by atomic mass is 16.5. The predicted molar refractivity (Wildman–Crippen MR) is 97.9 cm³/mol. The van der Waals surface area contributed by atoms with Gasteiger partial charge in [-0.1, -0.05) is 30.3 Å². The van der Waals surface area contributed by atoms with Gasteiger partial charge >= 0.3 is 0 Å². The van der Waals surface area contributed by atoms with E-state index in [1.807, 2.05) is 48.5 Å². The molecule has 1 N–H and O–H groups in total. The summed E-state index contributed by atoms with van der Waals surface area (Å²) in [5.41, 5.74) is 2.14. The standard InChI is InChI=1S/C20H23N3O2/c1-2-6-16(7-3-1)25-15-17-14-23(12-13-24-17)11-10-20-21-18-8-4-5-9-19(18)22-20/h1-9,17H,10-15H2,(H,21,22)/t17-/m0/s1. The predicted octanol–water partition coefficient (Wildman–Crippen LogP) is 2.89. The summed E-state index contributed by atoms with van der Waals surface area (Å²) in [6.07, 6.45) is 1.03. The molecule has 0 amide bonds. The summed E-state index contributed by atoms with van der Waals surface area (Å²) in [6.45, 7) is 4.17. The Hall–Kier alpha value is -2.37. The second-order valence-corrected chi connectivity index (χ2v) is 6.37. The fourth-order valence-corrected chi connectivity index (χ4v) is 3.18. The number of morpholine rings is 1. The van der Waals surface area contributed by atoms with E-state index in [9.17, 15) is 0 Å². The lowest BCUT2D eigenvalue weighted by molar-refractivity contribution is -0.0476. The Morgan fingerprint density at radius 1 is 1.12 bits per heavy atom. The van der Waals surface area contributed by atoms with E-state index in [1.54, 1.807) is 0 Å². The number of para-hydroxylation sites is 3. The van der Waals surface area contributed by atoms with Crippen LogP contribution in [0.5, 0.6) is 5.75 Å². The molecule has 0 bridgehead atoms. The Kier molecular flexibility index (Phi) is 4.95. The van der Waals surface area contributed by atoms with Crippen LogP contribution in [0, 0.1) is 0 Å². The molecule has 0 spiro atoms. The normalized spacial score (nSPS) is 18.5. The molecular weight excluding hydrogens is 314 g/mol. The van der Waals surface area contributed by atoms with Gasteiger partial charge in [0.15, 0.2) is 0 Å². The summed E-state index contributed by atoms with van der Waals surface area (Å²) >= 11 is 0. The van der Waals surface area contributed by atoms with E-state index in [0.717, 1.165) is 55.3 Å². The number of aromatic amines is 1. The average Bonchev–Trinajstić information content (AvgIpc) is 3.09. The van der Waals surface area contributed by atoms with Crippen molar-refractivity contribution in [1.82, 2.24) is 14.9 Å². The smallest absolute Gasteiger partial charge is 0.119 e. The van der Waals surface area contributed by atoms with Crippen LogP contribution in [0.4, 0.5) is 0 Å². The number of hydrogen-bond acceptors (Lipinski definition) is 4. The monoisotopic (exact) mass is 337 g/mol. The molecule has 1 atom stereocenters. The maximum Gasteiger partial charge on any atom is 0.119 e. The Labute approximate surface area is 147 Å². The molecule has 2 heterocycles. The summed E-state index contributed by atoms with van der Waals surface area (Å²) in [4.78, 5) is 10.5. The molecule has 5 heteroatoms. The number of fused-ring (bicyclic) bond motifs is 1. The minimum Gasteiger partial charge on any atom is -0.491 e. The second kappa shape index (κ2) is 7.68. The molecule has 1 aliphatic heterocycles. The molecule has 0 saturated carbocycles. The van der Waals surface area contributed by atoms with Crippen molar-refractivity contribution in [3.63, 3.8) is 0 Å². The maximum atomic E-state index is 5.84. The van der Waals surface area contributed by atoms with Crippen LogP contribution in [-0.4, -0.2) is 53.8 Å². The van der Waals surface area contributed by atoms with Gasteiger partial charge in [-0.3, -0.25) is 4.90 Å². The lowest BCUT2D eigenvalue weighted by Crippen LogP contribution is -2.45. The molecule has 1 saturated heterocycles. The van der Waals surface area contributed by atoms with Crippen LogP contribution in [0.15, 0.2) is 54.6 Å². The largest absolute Gasteiger partial charge is 0.491 e. The van der Waals surface area contributed by atoms with E-state index in [4.69, 9.17) is 9.47 Å². The quantitative estimate of drug-likeness (QED) is 0.751. The molecule has 25 heavy (non-hydrogen) atoms. The van der Waals surface area contributed by atoms with Gasteiger partial charge in [0, 0.05) is 26.1 Å². The average molecular weight is 337 g/mol. The van der Waals surface area contributed by atoms with Crippen molar-refractivity contribution in [2.45, 2.75) is 12.5 Å². The third-order valence-corrected chi connectivity index (χ3v) is 4.51. The van der Waals surface area contributed by atoms with E-state index in [-0.39, 0.29) is 6.10 Å². The number of aromatic nitrogens is 2. The van der Waals surface area contributed by atoms with Crippen LogP contribution in [0.25, 0.3) is 11.0 Å². The summed E-state index contributed by atoms with van der Waals surface area (Å²) in [5.74, 6) is 1.94. The van der Waals surface area contributed by atoms with E-state index >= 15 is 0 Å². The molecule has 0 aliphatic carbocycles. The van der Waals surface area contributed by atoms with Gasteiger partial charge < -0.3 is 14.5 Å². The van der Waals surface area contributed by atoms with Crippen LogP contribution in [-0.2, 0) is 11.2 Å². The maximum absolute atomic E-state index is 5.84. The van der Waals surface area contributed by atoms with Gasteiger partial charge in [-0.25, -0.2) is 4.98 Å². The lowest BCUT2D eigenvalue weighted by atomic mass is 10.2. The van der Waals surface area contributed by atoms with Crippen molar-refractivity contribution in [3.05, 3.63) is 60.4 Å². The molecule has 1 aromatic heterocycles. The van der Waals surface area contributed by atoms with Gasteiger partial charge in [-0.15, -0.1) is 0 Å². The molecule has 4 rings (SSSR count). The Bertz CT molecular complexity index is 770. The second-order valence-electron chi connectivity index (χ2n) is 6.37.